The second-order valence-electron chi connectivity index (χ2n) is 10.3. The van der Waals surface area contributed by atoms with E-state index >= 15 is 0 Å². The van der Waals surface area contributed by atoms with Gasteiger partial charge in [-0.25, -0.2) is 0 Å². The summed E-state index contributed by atoms with van der Waals surface area (Å²) < 4.78 is 7.69. The average Bonchev–Trinajstić information content (AvgIpc) is 3.36. The van der Waals surface area contributed by atoms with Crippen LogP contribution in [0.1, 0.15) is 72.1 Å². The molecule has 0 aromatic carbocycles. The Morgan fingerprint density at radius 1 is 1.19 bits per heavy atom. The molecule has 2 nitrogen and oxygen atoms in total. The molecular weight excluding hydrogens is 550 g/mol. The Hall–Kier alpha value is 0.930. The van der Waals surface area contributed by atoms with Gasteiger partial charge in [-0.1, -0.05) is 0 Å². The molecule has 1 heterocycles. The van der Waals surface area contributed by atoms with Crippen LogP contribution in [0.3, 0.4) is 0 Å². The van der Waals surface area contributed by atoms with Crippen molar-refractivity contribution in [3.05, 3.63) is 0 Å². The van der Waals surface area contributed by atoms with Gasteiger partial charge in [0.25, 0.3) is 0 Å². The van der Waals surface area contributed by atoms with Gasteiger partial charge in [-0.05, 0) is 0 Å². The van der Waals surface area contributed by atoms with Crippen molar-refractivity contribution in [2.75, 3.05) is 0 Å². The van der Waals surface area contributed by atoms with Gasteiger partial charge in [0, 0.05) is 0 Å². The molecule has 5 rings (SSSR count). The van der Waals surface area contributed by atoms with Crippen molar-refractivity contribution in [3.8, 4) is 0 Å². The molecule has 148 valence electrons. The third kappa shape index (κ3) is 2.68. The molecule has 1 saturated heterocycles. The van der Waals surface area contributed by atoms with Gasteiger partial charge in [-0.2, -0.15) is 0 Å². The van der Waals surface area contributed by atoms with Gasteiger partial charge in [-0.3, -0.25) is 0 Å². The first-order valence-corrected chi connectivity index (χ1v) is 14.4. The summed E-state index contributed by atoms with van der Waals surface area (Å²) >= 11 is 2.78. The third-order valence-electron chi connectivity index (χ3n) is 9.17. The van der Waals surface area contributed by atoms with E-state index in [0.717, 1.165) is 44.4 Å². The van der Waals surface area contributed by atoms with E-state index in [1.807, 2.05) is 0 Å². The molecular formula is C22H33I2O2-. The molecule has 10 unspecified atom stereocenters. The van der Waals surface area contributed by atoms with E-state index < -0.39 is 0 Å². The number of carbonyl (C=O) groups excluding carboxylic acids is 1. The fourth-order valence-electron chi connectivity index (χ4n) is 7.77. The zero-order valence-electron chi connectivity index (χ0n) is 16.3. The van der Waals surface area contributed by atoms with Gasteiger partial charge in [0.15, 0.2) is 0 Å². The summed E-state index contributed by atoms with van der Waals surface area (Å²) in [6, 6.07) is 0. The number of ether oxygens (including phenoxy) is 1. The predicted molar refractivity (Wildman–Crippen MR) is 108 cm³/mol. The van der Waals surface area contributed by atoms with Gasteiger partial charge >= 0.3 is 184 Å². The molecule has 4 bridgehead atoms. The summed E-state index contributed by atoms with van der Waals surface area (Å²) in [7, 11) is 0. The normalized spacial score (nSPS) is 54.0. The molecule has 4 heteroatoms. The van der Waals surface area contributed by atoms with Crippen molar-refractivity contribution in [2.45, 2.75) is 83.1 Å². The molecule has 26 heavy (non-hydrogen) atoms. The monoisotopic (exact) mass is 583 g/mol. The Labute approximate surface area is 182 Å². The quantitative estimate of drug-likeness (QED) is 0.289. The van der Waals surface area contributed by atoms with Gasteiger partial charge in [-0.15, -0.1) is 0 Å². The summed E-state index contributed by atoms with van der Waals surface area (Å²) in [5, 5.41) is 0. The fourth-order valence-corrected chi connectivity index (χ4v) is 16.1. The summed E-state index contributed by atoms with van der Waals surface area (Å²) in [6.07, 6.45) is 10.5. The number of halogens is 2. The second-order valence-corrected chi connectivity index (χ2v) is 18.5. The van der Waals surface area contributed by atoms with Crippen LogP contribution in [-0.2, 0) is 9.53 Å². The Morgan fingerprint density at radius 3 is 2.62 bits per heavy atom. The zero-order valence-corrected chi connectivity index (χ0v) is 20.7. The van der Waals surface area contributed by atoms with Crippen LogP contribution in [0.4, 0.5) is 0 Å². The number of alkyl halides is 3. The van der Waals surface area contributed by atoms with Crippen LogP contribution in [0.15, 0.2) is 0 Å². The van der Waals surface area contributed by atoms with Crippen LogP contribution in [-0.4, -0.2) is 16.9 Å². The van der Waals surface area contributed by atoms with Crippen LogP contribution in [0.5, 0.6) is 0 Å². The first-order valence-electron chi connectivity index (χ1n) is 10.9. The Morgan fingerprint density at radius 2 is 1.96 bits per heavy atom. The molecule has 1 aliphatic heterocycles. The zero-order chi connectivity index (χ0) is 18.3. The average molecular weight is 583 g/mol. The molecule has 10 atom stereocenters. The third-order valence-corrected chi connectivity index (χ3v) is 16.0. The van der Waals surface area contributed by atoms with E-state index in [9.17, 15) is 4.79 Å². The van der Waals surface area contributed by atoms with Crippen molar-refractivity contribution in [3.63, 3.8) is 0 Å². The number of fused-ring (bicyclic) bond motifs is 7. The van der Waals surface area contributed by atoms with E-state index in [1.54, 1.807) is 0 Å². The van der Waals surface area contributed by atoms with Crippen LogP contribution in [0.25, 0.3) is 0 Å². The fraction of sp³-hybridized carbons (Fsp3) is 0.955. The van der Waals surface area contributed by atoms with Crippen LogP contribution in [0, 0.1) is 41.4 Å². The topological polar surface area (TPSA) is 26.3 Å². The van der Waals surface area contributed by atoms with Crippen LogP contribution >= 0.6 is 22.6 Å². The summed E-state index contributed by atoms with van der Waals surface area (Å²) in [6.45, 7) is 6.94. The van der Waals surface area contributed by atoms with Gasteiger partial charge in [0.1, 0.15) is 0 Å². The standard InChI is InChI=1S/C22H33I2O2/c1-4-22(3,16-8-7-15-12-5-6-13(9-12)18(15)16)26-20(25)17-10-14-11-21(17,2)24-19(14)23/h12-19H,4-11H2,1-3H3/q-1. The molecule has 5 aliphatic rings. The summed E-state index contributed by atoms with van der Waals surface area (Å²) in [5.74, 6) is 5.54. The van der Waals surface area contributed by atoms with E-state index in [0.29, 0.717) is 9.34 Å². The van der Waals surface area contributed by atoms with Crippen LogP contribution in [0.2, 0.25) is 0 Å². The van der Waals surface area contributed by atoms with Crippen molar-refractivity contribution in [2.24, 2.45) is 41.4 Å². The molecule has 0 aromatic rings. The van der Waals surface area contributed by atoms with Gasteiger partial charge in [0.2, 0.25) is 0 Å². The number of hydrogen-bond donors (Lipinski definition) is 0. The Balaban J connectivity index is 1.33. The minimum absolute atomic E-state index is 0.119. The molecule has 4 saturated carbocycles. The minimum atomic E-state index is -0.221. The van der Waals surface area contributed by atoms with E-state index in [1.165, 1.54) is 38.5 Å². The van der Waals surface area contributed by atoms with Crippen molar-refractivity contribution in [1.82, 2.24) is 0 Å². The Bertz CT molecular complexity index is 605. The van der Waals surface area contributed by atoms with Gasteiger partial charge < -0.3 is 0 Å². The van der Waals surface area contributed by atoms with E-state index in [-0.39, 0.29) is 38.7 Å². The number of rotatable bonds is 4. The molecule has 0 amide bonds. The number of carbonyl (C=O) groups is 1. The maximum atomic E-state index is 13.3. The first-order chi connectivity index (χ1) is 12.3. The molecule has 0 radical (unpaired) electrons. The molecule has 5 fully saturated rings. The SMILES string of the molecule is CCC(C)(OC(=O)C1CC2CC1(C)[I-]C2I)C1CCC2C3CCC(C3)C21. The van der Waals surface area contributed by atoms with Gasteiger partial charge in [0.05, 0.1) is 0 Å². The maximum absolute atomic E-state index is 13.3. The molecule has 0 spiro atoms. The number of esters is 1. The summed E-state index contributed by atoms with van der Waals surface area (Å²) in [5.41, 5.74) is -0.221. The van der Waals surface area contributed by atoms with Crippen molar-refractivity contribution in [1.29, 1.82) is 0 Å². The van der Waals surface area contributed by atoms with Crippen LogP contribution < -0.4 is 21.2 Å². The van der Waals surface area contributed by atoms with E-state index in [4.69, 9.17) is 4.74 Å². The predicted octanol–water partition coefficient (Wildman–Crippen LogP) is 2.42. The first kappa shape index (κ1) is 18.9. The molecule has 0 N–H and O–H groups in total. The Kier molecular flexibility index (Phi) is 4.71. The van der Waals surface area contributed by atoms with Crippen molar-refractivity contribution < 1.29 is 30.7 Å². The molecule has 0 aromatic heterocycles. The number of hydrogen-bond acceptors (Lipinski definition) is 2. The summed E-state index contributed by atoms with van der Waals surface area (Å²) in [4.78, 5) is 13.3. The van der Waals surface area contributed by atoms with Crippen molar-refractivity contribution >= 4 is 28.6 Å². The second kappa shape index (κ2) is 6.46. The van der Waals surface area contributed by atoms with E-state index in [2.05, 4.69) is 43.4 Å². The molecule has 4 aliphatic carbocycles.